The number of hydrogen-bond acceptors (Lipinski definition) is 5. The minimum Gasteiger partial charge on any atom is -0.391 e. The zero-order valence-corrected chi connectivity index (χ0v) is 12.2. The number of aromatic nitrogens is 1. The highest BCUT2D eigenvalue weighted by Crippen LogP contribution is 2.28. The number of aliphatic hydroxyl groups is 1. The minimum atomic E-state index is -3.70. The summed E-state index contributed by atoms with van der Waals surface area (Å²) < 4.78 is 27.1. The number of rotatable bonds is 4. The second-order valence-corrected chi connectivity index (χ2v) is 6.71. The van der Waals surface area contributed by atoms with Crippen LogP contribution >= 0.6 is 11.3 Å². The van der Waals surface area contributed by atoms with Gasteiger partial charge < -0.3 is 5.11 Å². The molecule has 102 valence electrons. The lowest BCUT2D eigenvalue weighted by Gasteiger charge is -2.09. The van der Waals surface area contributed by atoms with E-state index < -0.39 is 10.0 Å². The summed E-state index contributed by atoms with van der Waals surface area (Å²) in [5.41, 5.74) is 1.84. The van der Waals surface area contributed by atoms with Gasteiger partial charge in [-0.3, -0.25) is 9.71 Å². The second kappa shape index (κ2) is 5.28. The highest BCUT2D eigenvalue weighted by molar-refractivity contribution is 7.93. The number of hydrogen-bond donors (Lipinski definition) is 2. The number of nitrogens with one attached hydrogen (secondary N) is 1. The lowest BCUT2D eigenvalue weighted by atomic mass is 10.3. The van der Waals surface area contributed by atoms with Gasteiger partial charge >= 0.3 is 0 Å². The molecule has 0 unspecified atom stereocenters. The Morgan fingerprint density at radius 1 is 1.37 bits per heavy atom. The van der Waals surface area contributed by atoms with E-state index in [4.69, 9.17) is 0 Å². The normalized spacial score (nSPS) is 11.5. The van der Waals surface area contributed by atoms with Gasteiger partial charge in [-0.2, -0.15) is 0 Å². The SMILES string of the molecule is Cc1ccc(NS(=O)(=O)c2c(C)csc2CO)cn1. The van der Waals surface area contributed by atoms with Crippen molar-refractivity contribution < 1.29 is 13.5 Å². The molecule has 0 aromatic carbocycles. The van der Waals surface area contributed by atoms with Gasteiger partial charge in [0.05, 0.1) is 23.4 Å². The third-order valence-corrected chi connectivity index (χ3v) is 5.39. The van der Waals surface area contributed by atoms with Crippen molar-refractivity contribution in [3.05, 3.63) is 39.8 Å². The maximum atomic E-state index is 12.3. The van der Waals surface area contributed by atoms with E-state index in [2.05, 4.69) is 9.71 Å². The van der Waals surface area contributed by atoms with Crippen LogP contribution in [0, 0.1) is 13.8 Å². The van der Waals surface area contributed by atoms with Gasteiger partial charge in [-0.15, -0.1) is 11.3 Å². The Bertz CT molecular complexity index is 676. The molecule has 7 heteroatoms. The molecule has 0 fully saturated rings. The van der Waals surface area contributed by atoms with Gasteiger partial charge in [0.1, 0.15) is 4.90 Å². The van der Waals surface area contributed by atoms with Gasteiger partial charge in [0.2, 0.25) is 0 Å². The number of sulfonamides is 1. The van der Waals surface area contributed by atoms with Crippen LogP contribution in [-0.2, 0) is 16.6 Å². The molecule has 0 aliphatic rings. The van der Waals surface area contributed by atoms with Crippen LogP contribution in [0.4, 0.5) is 5.69 Å². The van der Waals surface area contributed by atoms with E-state index in [-0.39, 0.29) is 11.5 Å². The largest absolute Gasteiger partial charge is 0.391 e. The summed E-state index contributed by atoms with van der Waals surface area (Å²) in [5, 5.41) is 10.9. The number of anilines is 1. The predicted molar refractivity (Wildman–Crippen MR) is 74.8 cm³/mol. The molecule has 0 bridgehead atoms. The average Bonchev–Trinajstić information content (AvgIpc) is 2.74. The molecular formula is C12H14N2O3S2. The molecular weight excluding hydrogens is 284 g/mol. The fourth-order valence-corrected chi connectivity index (χ4v) is 4.40. The zero-order chi connectivity index (χ0) is 14.0. The lowest BCUT2D eigenvalue weighted by Crippen LogP contribution is -2.15. The van der Waals surface area contributed by atoms with Crippen molar-refractivity contribution in [2.75, 3.05) is 4.72 Å². The number of pyridine rings is 1. The summed E-state index contributed by atoms with van der Waals surface area (Å²) in [5.74, 6) is 0. The van der Waals surface area contributed by atoms with Crippen LogP contribution < -0.4 is 4.72 Å². The molecule has 2 N–H and O–H groups in total. The summed E-state index contributed by atoms with van der Waals surface area (Å²) in [4.78, 5) is 4.62. The van der Waals surface area contributed by atoms with Gasteiger partial charge in [-0.1, -0.05) is 0 Å². The highest BCUT2D eigenvalue weighted by atomic mass is 32.2. The van der Waals surface area contributed by atoms with Crippen LogP contribution in [0.15, 0.2) is 28.6 Å². The first-order valence-corrected chi connectivity index (χ1v) is 7.93. The van der Waals surface area contributed by atoms with Crippen LogP contribution in [-0.4, -0.2) is 18.5 Å². The molecule has 0 saturated carbocycles. The van der Waals surface area contributed by atoms with Crippen LogP contribution in [0.25, 0.3) is 0 Å². The molecule has 0 amide bonds. The first kappa shape index (κ1) is 14.0. The Morgan fingerprint density at radius 2 is 2.11 bits per heavy atom. The maximum Gasteiger partial charge on any atom is 0.263 e. The van der Waals surface area contributed by atoms with Crippen LogP contribution in [0.5, 0.6) is 0 Å². The van der Waals surface area contributed by atoms with E-state index in [0.29, 0.717) is 16.1 Å². The van der Waals surface area contributed by atoms with E-state index in [9.17, 15) is 13.5 Å². The molecule has 0 aliphatic carbocycles. The van der Waals surface area contributed by atoms with E-state index in [1.165, 1.54) is 17.5 Å². The molecule has 2 heterocycles. The molecule has 19 heavy (non-hydrogen) atoms. The van der Waals surface area contributed by atoms with Gasteiger partial charge in [0.15, 0.2) is 0 Å². The first-order chi connectivity index (χ1) is 8.94. The minimum absolute atomic E-state index is 0.153. The van der Waals surface area contributed by atoms with E-state index in [1.54, 1.807) is 24.4 Å². The second-order valence-electron chi connectivity index (χ2n) is 4.12. The van der Waals surface area contributed by atoms with Crippen molar-refractivity contribution in [3.8, 4) is 0 Å². The summed E-state index contributed by atoms with van der Waals surface area (Å²) >= 11 is 1.23. The quantitative estimate of drug-likeness (QED) is 0.905. The average molecular weight is 298 g/mol. The number of aryl methyl sites for hydroxylation is 2. The molecule has 0 aliphatic heterocycles. The Hall–Kier alpha value is -1.44. The molecule has 2 aromatic heterocycles. The van der Waals surface area contributed by atoms with Gasteiger partial charge in [0, 0.05) is 5.69 Å². The van der Waals surface area contributed by atoms with Crippen molar-refractivity contribution >= 4 is 27.0 Å². The molecule has 0 atom stereocenters. The summed E-state index contributed by atoms with van der Waals surface area (Å²) in [7, 11) is -3.70. The fraction of sp³-hybridized carbons (Fsp3) is 0.250. The topological polar surface area (TPSA) is 79.3 Å². The first-order valence-electron chi connectivity index (χ1n) is 5.57. The lowest BCUT2D eigenvalue weighted by molar-refractivity contribution is 0.282. The molecule has 0 radical (unpaired) electrons. The van der Waals surface area contributed by atoms with Crippen molar-refractivity contribution in [2.24, 2.45) is 0 Å². The Morgan fingerprint density at radius 3 is 2.68 bits per heavy atom. The van der Waals surface area contributed by atoms with Crippen LogP contribution in [0.3, 0.4) is 0 Å². The van der Waals surface area contributed by atoms with Gasteiger partial charge in [-0.05, 0) is 36.9 Å². The maximum absolute atomic E-state index is 12.3. The fourth-order valence-electron chi connectivity index (χ4n) is 1.69. The Balaban J connectivity index is 2.37. The monoisotopic (exact) mass is 298 g/mol. The number of aliphatic hydroxyl groups excluding tert-OH is 1. The number of thiophene rings is 1. The molecule has 2 rings (SSSR count). The van der Waals surface area contributed by atoms with Crippen molar-refractivity contribution in [3.63, 3.8) is 0 Å². The highest BCUT2D eigenvalue weighted by Gasteiger charge is 2.22. The summed E-state index contributed by atoms with van der Waals surface area (Å²) in [6.45, 7) is 3.24. The van der Waals surface area contributed by atoms with Gasteiger partial charge in [-0.25, -0.2) is 8.42 Å². The molecule has 0 spiro atoms. The summed E-state index contributed by atoms with van der Waals surface area (Å²) in [6.07, 6.45) is 1.47. The van der Waals surface area contributed by atoms with E-state index >= 15 is 0 Å². The van der Waals surface area contributed by atoms with E-state index in [1.807, 2.05) is 6.92 Å². The molecule has 5 nitrogen and oxygen atoms in total. The van der Waals surface area contributed by atoms with Crippen LogP contribution in [0.2, 0.25) is 0 Å². The van der Waals surface area contributed by atoms with E-state index in [0.717, 1.165) is 5.69 Å². The molecule has 2 aromatic rings. The van der Waals surface area contributed by atoms with Gasteiger partial charge in [0.25, 0.3) is 10.0 Å². The smallest absolute Gasteiger partial charge is 0.263 e. The molecule has 0 saturated heterocycles. The third kappa shape index (κ3) is 2.94. The van der Waals surface area contributed by atoms with Crippen molar-refractivity contribution in [1.29, 1.82) is 0 Å². The van der Waals surface area contributed by atoms with Crippen molar-refractivity contribution in [2.45, 2.75) is 25.3 Å². The zero-order valence-electron chi connectivity index (χ0n) is 10.5. The predicted octanol–water partition coefficient (Wildman–Crippen LogP) is 2.05. The van der Waals surface area contributed by atoms with Crippen LogP contribution in [0.1, 0.15) is 16.1 Å². The third-order valence-electron chi connectivity index (χ3n) is 2.57. The van der Waals surface area contributed by atoms with Crippen molar-refractivity contribution in [1.82, 2.24) is 4.98 Å². The Kier molecular flexibility index (Phi) is 3.88. The summed E-state index contributed by atoms with van der Waals surface area (Å²) in [6, 6.07) is 3.38. The number of nitrogens with zero attached hydrogens (tertiary/aromatic N) is 1. The standard InChI is InChI=1S/C12H14N2O3S2/c1-8-7-18-11(6-15)12(8)19(16,17)14-10-4-3-9(2)13-5-10/h3-5,7,14-15H,6H2,1-2H3. The Labute approximate surface area is 116 Å².